The van der Waals surface area contributed by atoms with Gasteiger partial charge in [0.25, 0.3) is 5.91 Å². The van der Waals surface area contributed by atoms with Gasteiger partial charge in [-0.3, -0.25) is 9.52 Å². The summed E-state index contributed by atoms with van der Waals surface area (Å²) < 4.78 is 24.0. The van der Waals surface area contributed by atoms with Gasteiger partial charge in [-0.25, -0.2) is 4.39 Å². The van der Waals surface area contributed by atoms with Crippen molar-refractivity contribution in [2.24, 2.45) is 0 Å². The molecule has 1 amide bonds. The fourth-order valence-corrected chi connectivity index (χ4v) is 4.59. The molecule has 28 heavy (non-hydrogen) atoms. The van der Waals surface area contributed by atoms with Crippen LogP contribution in [0.2, 0.25) is 0 Å². The SMILES string of the molecule is CSNC(=O)c1cccc(OC2CCCC2)c1-c1cccc(F)c1C1CCC1. The van der Waals surface area contributed by atoms with Gasteiger partial charge in [0.15, 0.2) is 0 Å². The van der Waals surface area contributed by atoms with Crippen molar-refractivity contribution in [3.8, 4) is 16.9 Å². The normalized spacial score (nSPS) is 17.4. The van der Waals surface area contributed by atoms with E-state index in [1.54, 1.807) is 12.1 Å². The van der Waals surface area contributed by atoms with Crippen molar-refractivity contribution in [3.05, 3.63) is 53.3 Å². The molecule has 0 aliphatic heterocycles. The second-order valence-corrected chi connectivity index (χ2v) is 8.28. The third-order valence-electron chi connectivity index (χ3n) is 5.90. The number of ether oxygens (including phenoxy) is 1. The van der Waals surface area contributed by atoms with Crippen LogP contribution < -0.4 is 9.46 Å². The molecule has 2 aliphatic carbocycles. The zero-order valence-electron chi connectivity index (χ0n) is 16.2. The van der Waals surface area contributed by atoms with Crippen molar-refractivity contribution in [1.29, 1.82) is 0 Å². The molecule has 4 rings (SSSR count). The highest BCUT2D eigenvalue weighted by atomic mass is 32.2. The first-order chi connectivity index (χ1) is 13.7. The molecule has 0 saturated heterocycles. The van der Waals surface area contributed by atoms with Crippen LogP contribution in [-0.4, -0.2) is 18.3 Å². The third-order valence-corrected chi connectivity index (χ3v) is 6.29. The molecule has 0 heterocycles. The van der Waals surface area contributed by atoms with Crippen LogP contribution in [0.1, 0.15) is 66.8 Å². The Hall–Kier alpha value is -2.01. The zero-order valence-corrected chi connectivity index (χ0v) is 17.0. The van der Waals surface area contributed by atoms with Gasteiger partial charge in [0.1, 0.15) is 11.6 Å². The van der Waals surface area contributed by atoms with Gasteiger partial charge in [-0.1, -0.05) is 36.6 Å². The van der Waals surface area contributed by atoms with E-state index in [9.17, 15) is 9.18 Å². The highest BCUT2D eigenvalue weighted by molar-refractivity contribution is 7.97. The number of halogens is 1. The van der Waals surface area contributed by atoms with Crippen molar-refractivity contribution in [3.63, 3.8) is 0 Å². The molecule has 2 aromatic carbocycles. The van der Waals surface area contributed by atoms with E-state index in [4.69, 9.17) is 4.74 Å². The molecule has 0 radical (unpaired) electrons. The standard InChI is InChI=1S/C23H26FNO2S/c1-28-25-23(26)18-12-6-14-20(27-16-9-2-3-10-16)22(18)17-11-5-13-19(24)21(17)15-7-4-8-15/h5-6,11-16H,2-4,7-10H2,1H3,(H,25,26). The molecule has 2 fully saturated rings. The van der Waals surface area contributed by atoms with Gasteiger partial charge in [0.05, 0.1) is 11.7 Å². The fraction of sp³-hybridized carbons (Fsp3) is 0.435. The summed E-state index contributed by atoms with van der Waals surface area (Å²) in [4.78, 5) is 12.8. The van der Waals surface area contributed by atoms with Gasteiger partial charge < -0.3 is 4.74 Å². The molecular weight excluding hydrogens is 373 g/mol. The van der Waals surface area contributed by atoms with Crippen molar-refractivity contribution < 1.29 is 13.9 Å². The highest BCUT2D eigenvalue weighted by Crippen LogP contribution is 2.46. The van der Waals surface area contributed by atoms with Crippen molar-refractivity contribution in [1.82, 2.24) is 4.72 Å². The predicted octanol–water partition coefficient (Wildman–Crippen LogP) is 6.09. The van der Waals surface area contributed by atoms with E-state index in [1.807, 2.05) is 24.5 Å². The lowest BCUT2D eigenvalue weighted by atomic mass is 9.76. The number of benzene rings is 2. The highest BCUT2D eigenvalue weighted by Gasteiger charge is 2.29. The first kappa shape index (κ1) is 19.3. The van der Waals surface area contributed by atoms with E-state index < -0.39 is 0 Å². The molecule has 0 bridgehead atoms. The second kappa shape index (κ2) is 8.56. The number of hydrogen-bond acceptors (Lipinski definition) is 3. The van der Waals surface area contributed by atoms with Crippen LogP contribution in [0.5, 0.6) is 5.75 Å². The van der Waals surface area contributed by atoms with Crippen LogP contribution in [0.3, 0.4) is 0 Å². The van der Waals surface area contributed by atoms with E-state index in [-0.39, 0.29) is 23.7 Å². The maximum Gasteiger partial charge on any atom is 0.261 e. The summed E-state index contributed by atoms with van der Waals surface area (Å²) in [5, 5.41) is 0. The Morgan fingerprint density at radius 1 is 1.07 bits per heavy atom. The number of hydrogen-bond donors (Lipinski definition) is 1. The van der Waals surface area contributed by atoms with Gasteiger partial charge in [-0.15, -0.1) is 0 Å². The summed E-state index contributed by atoms with van der Waals surface area (Å²) in [6.07, 6.45) is 9.48. The molecule has 3 nitrogen and oxygen atoms in total. The largest absolute Gasteiger partial charge is 0.490 e. The molecule has 148 valence electrons. The molecule has 2 aromatic rings. The quantitative estimate of drug-likeness (QED) is 0.597. The first-order valence-corrected chi connectivity index (χ1v) is 11.3. The summed E-state index contributed by atoms with van der Waals surface area (Å²) >= 11 is 1.26. The molecule has 2 aliphatic rings. The van der Waals surface area contributed by atoms with E-state index >= 15 is 0 Å². The average molecular weight is 400 g/mol. The first-order valence-electron chi connectivity index (χ1n) is 10.1. The Bertz CT molecular complexity index is 860. The Balaban J connectivity index is 1.86. The van der Waals surface area contributed by atoms with Crippen LogP contribution >= 0.6 is 11.9 Å². The fourth-order valence-electron chi connectivity index (χ4n) is 4.30. The monoisotopic (exact) mass is 399 g/mol. The van der Waals surface area contributed by atoms with Crippen LogP contribution in [0, 0.1) is 5.82 Å². The summed E-state index contributed by atoms with van der Waals surface area (Å²) in [6.45, 7) is 0. The second-order valence-electron chi connectivity index (χ2n) is 7.67. The number of nitrogens with one attached hydrogen (secondary N) is 1. The maximum absolute atomic E-state index is 14.9. The summed E-state index contributed by atoms with van der Waals surface area (Å²) in [7, 11) is 0. The lowest BCUT2D eigenvalue weighted by Gasteiger charge is -2.29. The molecule has 0 unspecified atom stereocenters. The summed E-state index contributed by atoms with van der Waals surface area (Å²) in [5.74, 6) is 0.538. The van der Waals surface area contributed by atoms with Crippen LogP contribution in [0.25, 0.3) is 11.1 Å². The Morgan fingerprint density at radius 3 is 2.50 bits per heavy atom. The summed E-state index contributed by atoms with van der Waals surface area (Å²) in [6, 6.07) is 10.8. The Kier molecular flexibility index (Phi) is 5.90. The lowest BCUT2D eigenvalue weighted by Crippen LogP contribution is -2.19. The van der Waals surface area contributed by atoms with Crippen molar-refractivity contribution in [2.75, 3.05) is 6.26 Å². The minimum Gasteiger partial charge on any atom is -0.490 e. The minimum atomic E-state index is -0.186. The van der Waals surface area contributed by atoms with Gasteiger partial charge in [0, 0.05) is 11.8 Å². The number of carbonyl (C=O) groups excluding carboxylic acids is 1. The van der Waals surface area contributed by atoms with E-state index in [0.717, 1.165) is 48.8 Å². The number of rotatable bonds is 6. The van der Waals surface area contributed by atoms with Crippen LogP contribution in [-0.2, 0) is 0 Å². The lowest BCUT2D eigenvalue weighted by molar-refractivity contribution is 0.0984. The molecule has 1 N–H and O–H groups in total. The van der Waals surface area contributed by atoms with Crippen LogP contribution in [0.15, 0.2) is 36.4 Å². The van der Waals surface area contributed by atoms with Gasteiger partial charge in [-0.2, -0.15) is 0 Å². The number of amides is 1. The van der Waals surface area contributed by atoms with Gasteiger partial charge >= 0.3 is 0 Å². The van der Waals surface area contributed by atoms with E-state index in [1.165, 1.54) is 30.9 Å². The summed E-state index contributed by atoms with van der Waals surface area (Å²) in [5.41, 5.74) is 2.79. The third kappa shape index (κ3) is 3.77. The molecule has 5 heteroatoms. The maximum atomic E-state index is 14.9. The predicted molar refractivity (Wildman–Crippen MR) is 112 cm³/mol. The number of carbonyl (C=O) groups is 1. The van der Waals surface area contributed by atoms with E-state index in [2.05, 4.69) is 4.72 Å². The molecule has 0 spiro atoms. The van der Waals surface area contributed by atoms with Gasteiger partial charge in [-0.05, 0) is 73.8 Å². The molecule has 2 saturated carbocycles. The van der Waals surface area contributed by atoms with E-state index in [0.29, 0.717) is 11.3 Å². The topological polar surface area (TPSA) is 38.3 Å². The Morgan fingerprint density at radius 2 is 1.82 bits per heavy atom. The zero-order chi connectivity index (χ0) is 19.5. The Labute approximate surface area is 170 Å². The smallest absolute Gasteiger partial charge is 0.261 e. The average Bonchev–Trinajstić information content (AvgIpc) is 3.15. The minimum absolute atomic E-state index is 0.165. The van der Waals surface area contributed by atoms with Gasteiger partial charge in [0.2, 0.25) is 0 Å². The molecular formula is C23H26FNO2S. The molecule has 0 atom stereocenters. The molecule has 0 aromatic heterocycles. The van der Waals surface area contributed by atoms with Crippen molar-refractivity contribution >= 4 is 17.9 Å². The van der Waals surface area contributed by atoms with Crippen molar-refractivity contribution in [2.45, 2.75) is 57.0 Å². The van der Waals surface area contributed by atoms with Crippen LogP contribution in [0.4, 0.5) is 4.39 Å².